The van der Waals surface area contributed by atoms with Crippen LogP contribution in [-0.4, -0.2) is 62.3 Å². The third-order valence-corrected chi connectivity index (χ3v) is 5.18. The zero-order chi connectivity index (χ0) is 13.0. The van der Waals surface area contributed by atoms with Crippen molar-refractivity contribution in [2.75, 3.05) is 45.4 Å². The van der Waals surface area contributed by atoms with Crippen molar-refractivity contribution in [3.8, 4) is 0 Å². The maximum Gasteiger partial charge on any atom is 0.306 e. The van der Waals surface area contributed by atoms with E-state index >= 15 is 0 Å². The lowest BCUT2D eigenvalue weighted by Crippen LogP contribution is -2.41. The second-order valence-electron chi connectivity index (χ2n) is 5.52. The quantitative estimate of drug-likeness (QED) is 0.684. The predicted molar refractivity (Wildman–Crippen MR) is 72.9 cm³/mol. The Hall–Kier alpha value is -0.260. The van der Waals surface area contributed by atoms with E-state index in [9.17, 15) is 4.79 Å². The number of carbonyl (C=O) groups is 1. The Morgan fingerprint density at radius 1 is 1.56 bits per heavy atom. The van der Waals surface area contributed by atoms with Gasteiger partial charge in [-0.25, -0.2) is 0 Å². The van der Waals surface area contributed by atoms with Crippen molar-refractivity contribution in [1.82, 2.24) is 4.90 Å². The van der Waals surface area contributed by atoms with Crippen LogP contribution in [0.1, 0.15) is 19.3 Å². The summed E-state index contributed by atoms with van der Waals surface area (Å²) >= 11 is 1.92. The van der Waals surface area contributed by atoms with Crippen LogP contribution in [0.5, 0.6) is 0 Å². The maximum absolute atomic E-state index is 11.3. The first-order valence-electron chi connectivity index (χ1n) is 6.58. The van der Waals surface area contributed by atoms with Gasteiger partial charge in [0.1, 0.15) is 0 Å². The summed E-state index contributed by atoms with van der Waals surface area (Å²) in [5, 5.41) is 0. The Morgan fingerprint density at radius 2 is 2.33 bits per heavy atom. The molecule has 0 aromatic rings. The summed E-state index contributed by atoms with van der Waals surface area (Å²) in [5.74, 6) is 2.03. The first-order valence-corrected chi connectivity index (χ1v) is 7.74. The van der Waals surface area contributed by atoms with Crippen LogP contribution in [0.4, 0.5) is 0 Å². The van der Waals surface area contributed by atoms with Crippen LogP contribution in [0.2, 0.25) is 0 Å². The van der Waals surface area contributed by atoms with E-state index in [1.165, 1.54) is 20.0 Å². The van der Waals surface area contributed by atoms with E-state index in [0.717, 1.165) is 31.2 Å². The Morgan fingerprint density at radius 3 is 2.94 bits per heavy atom. The topological polar surface area (TPSA) is 38.8 Å². The molecule has 0 aromatic heterocycles. The smallest absolute Gasteiger partial charge is 0.306 e. The zero-order valence-electron chi connectivity index (χ0n) is 11.3. The van der Waals surface area contributed by atoms with Crippen LogP contribution >= 0.6 is 11.8 Å². The number of morpholine rings is 1. The Kier molecular flexibility index (Phi) is 4.92. The van der Waals surface area contributed by atoms with E-state index in [4.69, 9.17) is 9.47 Å². The van der Waals surface area contributed by atoms with Gasteiger partial charge < -0.3 is 14.4 Å². The molecule has 0 bridgehead atoms. The predicted octanol–water partition coefficient (Wildman–Crippen LogP) is 1.39. The fraction of sp³-hybridized carbons (Fsp3) is 0.923. The molecule has 4 nitrogen and oxygen atoms in total. The van der Waals surface area contributed by atoms with Crippen LogP contribution in [0, 0.1) is 5.41 Å². The zero-order valence-corrected chi connectivity index (χ0v) is 12.1. The first-order chi connectivity index (χ1) is 8.63. The number of esters is 1. The van der Waals surface area contributed by atoms with E-state index in [0.29, 0.717) is 12.5 Å². The van der Waals surface area contributed by atoms with E-state index in [2.05, 4.69) is 11.9 Å². The molecule has 0 radical (unpaired) electrons. The third kappa shape index (κ3) is 4.14. The second-order valence-corrected chi connectivity index (χ2v) is 6.55. The number of likely N-dealkylation sites (N-methyl/N-ethyl adjacent to an activating group) is 1. The number of nitrogens with zero attached hydrogens (tertiary/aromatic N) is 1. The van der Waals surface area contributed by atoms with E-state index < -0.39 is 0 Å². The molecule has 1 saturated carbocycles. The molecule has 0 aromatic carbocycles. The number of methoxy groups -OCH3 is 1. The molecule has 2 aliphatic rings. The number of hydrogen-bond acceptors (Lipinski definition) is 5. The Bertz CT molecular complexity index is 294. The highest BCUT2D eigenvalue weighted by Crippen LogP contribution is 2.51. The molecule has 1 aliphatic heterocycles. The summed E-state index contributed by atoms with van der Waals surface area (Å²) in [4.78, 5) is 13.6. The van der Waals surface area contributed by atoms with E-state index in [1.807, 2.05) is 11.8 Å². The van der Waals surface area contributed by atoms with Gasteiger partial charge in [0.2, 0.25) is 0 Å². The van der Waals surface area contributed by atoms with Gasteiger partial charge in [-0.05, 0) is 31.1 Å². The average Bonchev–Trinajstić information content (AvgIpc) is 3.09. The molecule has 0 N–H and O–H groups in total. The van der Waals surface area contributed by atoms with E-state index in [-0.39, 0.29) is 11.4 Å². The van der Waals surface area contributed by atoms with Gasteiger partial charge in [0.05, 0.1) is 26.2 Å². The normalized spacial score (nSPS) is 26.9. The highest BCUT2D eigenvalue weighted by Gasteiger charge is 2.44. The minimum absolute atomic E-state index is 0.0678. The molecular formula is C13H23NO3S. The number of ether oxygens (including phenoxy) is 2. The fourth-order valence-electron chi connectivity index (χ4n) is 2.30. The number of thioether (sulfide) groups is 1. The number of rotatable bonds is 6. The Balaban J connectivity index is 1.64. The molecular weight excluding hydrogens is 250 g/mol. The van der Waals surface area contributed by atoms with Gasteiger partial charge in [-0.1, -0.05) is 0 Å². The van der Waals surface area contributed by atoms with Gasteiger partial charge >= 0.3 is 5.97 Å². The third-order valence-electron chi connectivity index (χ3n) is 3.76. The summed E-state index contributed by atoms with van der Waals surface area (Å²) in [6.07, 6.45) is 3.27. The van der Waals surface area contributed by atoms with Crippen molar-refractivity contribution < 1.29 is 14.3 Å². The lowest BCUT2D eigenvalue weighted by Gasteiger charge is -2.30. The summed E-state index contributed by atoms with van der Waals surface area (Å²) in [5.41, 5.74) is 0.234. The van der Waals surface area contributed by atoms with Crippen molar-refractivity contribution in [3.63, 3.8) is 0 Å². The van der Waals surface area contributed by atoms with Crippen molar-refractivity contribution in [3.05, 3.63) is 0 Å². The maximum atomic E-state index is 11.3. The largest absolute Gasteiger partial charge is 0.469 e. The van der Waals surface area contributed by atoms with Crippen molar-refractivity contribution in [2.45, 2.75) is 25.4 Å². The molecule has 2 rings (SSSR count). The lowest BCUT2D eigenvalue weighted by molar-refractivity contribution is -0.141. The van der Waals surface area contributed by atoms with Gasteiger partial charge in [0.25, 0.3) is 0 Å². The molecule has 5 heteroatoms. The molecule has 1 heterocycles. The first kappa shape index (κ1) is 14.2. The minimum atomic E-state index is -0.0678. The summed E-state index contributed by atoms with van der Waals surface area (Å²) in [6, 6.07) is 0. The fourth-order valence-corrected chi connectivity index (χ4v) is 3.71. The molecule has 0 spiro atoms. The summed E-state index contributed by atoms with van der Waals surface area (Å²) in [6.45, 7) is 2.90. The molecule has 1 aliphatic carbocycles. The van der Waals surface area contributed by atoms with Gasteiger partial charge in [0.15, 0.2) is 0 Å². The molecule has 18 heavy (non-hydrogen) atoms. The lowest BCUT2D eigenvalue weighted by atomic mass is 10.1. The molecule has 1 saturated heterocycles. The molecule has 104 valence electrons. The van der Waals surface area contributed by atoms with Crippen LogP contribution in [0.3, 0.4) is 0 Å². The number of carbonyl (C=O) groups excluding carboxylic acids is 1. The Labute approximate surface area is 113 Å². The van der Waals surface area contributed by atoms with Crippen LogP contribution in [0.25, 0.3) is 0 Å². The van der Waals surface area contributed by atoms with Gasteiger partial charge in [-0.15, -0.1) is 0 Å². The van der Waals surface area contributed by atoms with Crippen LogP contribution < -0.4 is 0 Å². The van der Waals surface area contributed by atoms with Gasteiger partial charge in [-0.2, -0.15) is 11.8 Å². The molecule has 0 amide bonds. The van der Waals surface area contributed by atoms with Gasteiger partial charge in [0, 0.05) is 18.8 Å². The SMILES string of the molecule is COC(=O)CC1(CSCC2CN(C)CCO2)CC1. The molecule has 1 atom stereocenters. The second kappa shape index (κ2) is 6.26. The van der Waals surface area contributed by atoms with Crippen LogP contribution in [-0.2, 0) is 14.3 Å². The molecule has 1 unspecified atom stereocenters. The molecule has 2 fully saturated rings. The van der Waals surface area contributed by atoms with E-state index in [1.54, 1.807) is 0 Å². The summed E-state index contributed by atoms with van der Waals surface area (Å²) in [7, 11) is 3.61. The number of hydrogen-bond donors (Lipinski definition) is 0. The van der Waals surface area contributed by atoms with Crippen molar-refractivity contribution >= 4 is 17.7 Å². The highest BCUT2D eigenvalue weighted by atomic mass is 32.2. The highest BCUT2D eigenvalue weighted by molar-refractivity contribution is 7.99. The van der Waals surface area contributed by atoms with Gasteiger partial charge in [-0.3, -0.25) is 4.79 Å². The standard InChI is InChI=1S/C13H23NO3S/c1-14-5-6-17-11(8-14)9-18-10-13(3-4-13)7-12(15)16-2/h11H,3-10H2,1-2H3. The summed E-state index contributed by atoms with van der Waals surface area (Å²) < 4.78 is 10.5. The van der Waals surface area contributed by atoms with Crippen LogP contribution in [0.15, 0.2) is 0 Å². The monoisotopic (exact) mass is 273 g/mol. The van der Waals surface area contributed by atoms with Crippen molar-refractivity contribution in [1.29, 1.82) is 0 Å². The minimum Gasteiger partial charge on any atom is -0.469 e. The van der Waals surface area contributed by atoms with Crippen molar-refractivity contribution in [2.24, 2.45) is 5.41 Å². The average molecular weight is 273 g/mol.